The van der Waals surface area contributed by atoms with Gasteiger partial charge in [0, 0.05) is 0 Å². The van der Waals surface area contributed by atoms with Gasteiger partial charge in [-0.25, -0.2) is 4.99 Å². The summed E-state index contributed by atoms with van der Waals surface area (Å²) in [5, 5.41) is 0. The molecule has 0 bridgehead atoms. The third-order valence-corrected chi connectivity index (χ3v) is 2.49. The number of ether oxygens (including phenoxy) is 1. The maximum Gasteiger partial charge on any atom is 0.201 e. The summed E-state index contributed by atoms with van der Waals surface area (Å²) in [6.07, 6.45) is 0. The minimum Gasteiger partial charge on any atom is -0.477 e. The first-order valence-corrected chi connectivity index (χ1v) is 5.19. The Balaban J connectivity index is 2.20. The number of nitrogens with zero attached hydrogens (tertiary/aromatic N) is 1. The summed E-state index contributed by atoms with van der Waals surface area (Å²) in [6.45, 7) is 4.58. The van der Waals surface area contributed by atoms with Crippen LogP contribution < -0.4 is 5.73 Å². The van der Waals surface area contributed by atoms with E-state index in [9.17, 15) is 0 Å². The van der Waals surface area contributed by atoms with Gasteiger partial charge >= 0.3 is 0 Å². The van der Waals surface area contributed by atoms with Crippen LogP contribution >= 0.6 is 0 Å². The molecule has 0 radical (unpaired) electrons. The predicted molar refractivity (Wildman–Crippen MR) is 61.0 cm³/mol. The van der Waals surface area contributed by atoms with Crippen molar-refractivity contribution in [2.75, 3.05) is 6.61 Å². The van der Waals surface area contributed by atoms with Crippen LogP contribution in [0.1, 0.15) is 24.1 Å². The minimum atomic E-state index is -0.111. The van der Waals surface area contributed by atoms with Crippen LogP contribution in [0.2, 0.25) is 0 Å². The van der Waals surface area contributed by atoms with E-state index in [4.69, 9.17) is 10.5 Å². The molecule has 3 heteroatoms. The van der Waals surface area contributed by atoms with E-state index in [-0.39, 0.29) is 12.1 Å². The summed E-state index contributed by atoms with van der Waals surface area (Å²) < 4.78 is 5.45. The highest BCUT2D eigenvalue weighted by Crippen LogP contribution is 2.23. The Morgan fingerprint density at radius 3 is 2.93 bits per heavy atom. The second kappa shape index (κ2) is 4.03. The summed E-state index contributed by atoms with van der Waals surface area (Å²) in [5.74, 6) is 0.668. The van der Waals surface area contributed by atoms with E-state index in [2.05, 4.69) is 30.1 Å². The number of nitrogens with two attached hydrogens (primary N) is 1. The maximum absolute atomic E-state index is 5.71. The van der Waals surface area contributed by atoms with Gasteiger partial charge in [0.2, 0.25) is 5.90 Å². The Morgan fingerprint density at radius 1 is 1.53 bits per heavy atom. The Hall–Kier alpha value is -1.35. The monoisotopic (exact) mass is 204 g/mol. The average molecular weight is 204 g/mol. The molecular weight excluding hydrogens is 188 g/mol. The molecule has 1 aromatic rings. The molecule has 1 heterocycles. The molecule has 1 aliphatic heterocycles. The molecular formula is C12H16N2O. The van der Waals surface area contributed by atoms with Crippen LogP contribution in [0.4, 0.5) is 0 Å². The molecule has 0 saturated heterocycles. The fourth-order valence-corrected chi connectivity index (χ4v) is 1.69. The lowest BCUT2D eigenvalue weighted by Gasteiger charge is -2.05. The molecule has 1 aromatic carbocycles. The highest BCUT2D eigenvalue weighted by molar-refractivity contribution is 5.82. The van der Waals surface area contributed by atoms with E-state index in [0.29, 0.717) is 12.5 Å². The van der Waals surface area contributed by atoms with E-state index in [1.54, 1.807) is 0 Å². The van der Waals surface area contributed by atoms with Crippen molar-refractivity contribution in [1.29, 1.82) is 0 Å². The van der Waals surface area contributed by atoms with Crippen LogP contribution in [-0.2, 0) is 4.74 Å². The Labute approximate surface area is 90.0 Å². The van der Waals surface area contributed by atoms with Gasteiger partial charge in [-0.3, -0.25) is 0 Å². The zero-order valence-corrected chi connectivity index (χ0v) is 9.10. The zero-order chi connectivity index (χ0) is 10.8. The molecule has 0 aliphatic carbocycles. The molecule has 3 nitrogen and oxygen atoms in total. The van der Waals surface area contributed by atoms with Crippen molar-refractivity contribution in [3.63, 3.8) is 0 Å². The van der Waals surface area contributed by atoms with Crippen LogP contribution in [0.3, 0.4) is 0 Å². The smallest absolute Gasteiger partial charge is 0.201 e. The van der Waals surface area contributed by atoms with Gasteiger partial charge in [0.25, 0.3) is 0 Å². The third kappa shape index (κ3) is 2.18. The van der Waals surface area contributed by atoms with Crippen LogP contribution in [0.25, 0.3) is 0 Å². The van der Waals surface area contributed by atoms with Gasteiger partial charge in [0.1, 0.15) is 12.6 Å². The number of hydrogen-bond acceptors (Lipinski definition) is 3. The van der Waals surface area contributed by atoms with Crippen molar-refractivity contribution in [2.24, 2.45) is 10.7 Å². The Bertz CT molecular complexity index is 385. The summed E-state index contributed by atoms with van der Waals surface area (Å²) in [5.41, 5.74) is 8.16. The SMILES string of the molecule is Cc1cccc(C2COC(C(C)N)=N2)c1. The van der Waals surface area contributed by atoms with Gasteiger partial charge in [0.05, 0.1) is 6.04 Å². The van der Waals surface area contributed by atoms with Gasteiger partial charge in [-0.2, -0.15) is 0 Å². The van der Waals surface area contributed by atoms with E-state index in [1.807, 2.05) is 13.0 Å². The fraction of sp³-hybridized carbons (Fsp3) is 0.417. The highest BCUT2D eigenvalue weighted by atomic mass is 16.5. The lowest BCUT2D eigenvalue weighted by Crippen LogP contribution is -2.26. The molecule has 15 heavy (non-hydrogen) atoms. The molecule has 80 valence electrons. The molecule has 0 fully saturated rings. The molecule has 0 spiro atoms. The van der Waals surface area contributed by atoms with Crippen molar-refractivity contribution in [3.8, 4) is 0 Å². The maximum atomic E-state index is 5.71. The van der Waals surface area contributed by atoms with Gasteiger partial charge in [-0.1, -0.05) is 29.8 Å². The number of benzene rings is 1. The average Bonchev–Trinajstić information content (AvgIpc) is 2.66. The molecule has 2 atom stereocenters. The van der Waals surface area contributed by atoms with Crippen molar-refractivity contribution in [1.82, 2.24) is 0 Å². The molecule has 2 rings (SSSR count). The van der Waals surface area contributed by atoms with Crippen molar-refractivity contribution in [3.05, 3.63) is 35.4 Å². The van der Waals surface area contributed by atoms with Gasteiger partial charge in [-0.05, 0) is 19.4 Å². The first kappa shape index (κ1) is 10.2. The van der Waals surface area contributed by atoms with Crippen molar-refractivity contribution in [2.45, 2.75) is 25.9 Å². The lowest BCUT2D eigenvalue weighted by molar-refractivity contribution is 0.308. The first-order valence-electron chi connectivity index (χ1n) is 5.19. The normalized spacial score (nSPS) is 22.1. The molecule has 1 aliphatic rings. The van der Waals surface area contributed by atoms with Crippen LogP contribution in [-0.4, -0.2) is 18.5 Å². The molecule has 2 N–H and O–H groups in total. The van der Waals surface area contributed by atoms with Gasteiger partial charge in [0.15, 0.2) is 0 Å². The Morgan fingerprint density at radius 2 is 2.33 bits per heavy atom. The van der Waals surface area contributed by atoms with Gasteiger partial charge in [-0.15, -0.1) is 0 Å². The van der Waals surface area contributed by atoms with Crippen molar-refractivity contribution >= 4 is 5.90 Å². The van der Waals surface area contributed by atoms with E-state index in [1.165, 1.54) is 11.1 Å². The van der Waals surface area contributed by atoms with Crippen LogP contribution in [0.5, 0.6) is 0 Å². The van der Waals surface area contributed by atoms with Gasteiger partial charge < -0.3 is 10.5 Å². The zero-order valence-electron chi connectivity index (χ0n) is 9.10. The topological polar surface area (TPSA) is 47.6 Å². The minimum absolute atomic E-state index is 0.111. The Kier molecular flexibility index (Phi) is 2.73. The largest absolute Gasteiger partial charge is 0.477 e. The molecule has 0 saturated carbocycles. The van der Waals surface area contributed by atoms with E-state index in [0.717, 1.165) is 0 Å². The second-order valence-corrected chi connectivity index (χ2v) is 4.00. The summed E-state index contributed by atoms with van der Waals surface area (Å²) >= 11 is 0. The summed E-state index contributed by atoms with van der Waals surface area (Å²) in [4.78, 5) is 4.47. The number of hydrogen-bond donors (Lipinski definition) is 1. The third-order valence-electron chi connectivity index (χ3n) is 2.49. The first-order chi connectivity index (χ1) is 7.16. The number of aliphatic imine (C=N–C) groups is 1. The predicted octanol–water partition coefficient (Wildman–Crippen LogP) is 1.81. The molecule has 0 amide bonds. The quantitative estimate of drug-likeness (QED) is 0.798. The summed E-state index contributed by atoms with van der Waals surface area (Å²) in [6, 6.07) is 8.35. The van der Waals surface area contributed by atoms with E-state index < -0.39 is 0 Å². The lowest BCUT2D eigenvalue weighted by atomic mass is 10.1. The number of rotatable bonds is 2. The van der Waals surface area contributed by atoms with E-state index >= 15 is 0 Å². The van der Waals surface area contributed by atoms with Crippen molar-refractivity contribution < 1.29 is 4.74 Å². The van der Waals surface area contributed by atoms with Crippen LogP contribution in [0.15, 0.2) is 29.3 Å². The van der Waals surface area contributed by atoms with Crippen LogP contribution in [0, 0.1) is 6.92 Å². The summed E-state index contributed by atoms with van der Waals surface area (Å²) in [7, 11) is 0. The molecule has 2 unspecified atom stereocenters. The number of aryl methyl sites for hydroxylation is 1. The standard InChI is InChI=1S/C12H16N2O/c1-8-4-3-5-10(6-8)11-7-15-12(14-11)9(2)13/h3-6,9,11H,7,13H2,1-2H3. The molecule has 0 aromatic heterocycles. The second-order valence-electron chi connectivity index (χ2n) is 4.00. The fourth-order valence-electron chi connectivity index (χ4n) is 1.69. The highest BCUT2D eigenvalue weighted by Gasteiger charge is 2.22.